The Labute approximate surface area is 356 Å². The Bertz CT molecular complexity index is 1440. The average Bonchev–Trinajstić information content (AvgIpc) is 3.17. The maximum atomic E-state index is 14.4. The first-order chi connectivity index (χ1) is 27.7. The van der Waals surface area contributed by atoms with Crippen molar-refractivity contribution in [1.82, 2.24) is 9.80 Å². The maximum Gasteiger partial charge on any atom is 0.331 e. The summed E-state index contributed by atoms with van der Waals surface area (Å²) in [6.45, 7) is 17.7. The number of esters is 3. The Morgan fingerprint density at radius 3 is 2.12 bits per heavy atom. The Morgan fingerprint density at radius 1 is 0.933 bits per heavy atom. The first-order valence-electron chi connectivity index (χ1n) is 21.3. The van der Waals surface area contributed by atoms with E-state index in [1.165, 1.54) is 21.1 Å². The van der Waals surface area contributed by atoms with Crippen molar-refractivity contribution < 1.29 is 72.7 Å². The van der Waals surface area contributed by atoms with Crippen LogP contribution in [0.25, 0.3) is 0 Å². The zero-order chi connectivity index (χ0) is 45.7. The van der Waals surface area contributed by atoms with Gasteiger partial charge in [-0.25, -0.2) is 9.59 Å². The van der Waals surface area contributed by atoms with Crippen LogP contribution < -0.4 is 0 Å². The minimum atomic E-state index is -1.85. The van der Waals surface area contributed by atoms with Crippen LogP contribution in [0.4, 0.5) is 0 Å². The highest BCUT2D eigenvalue weighted by molar-refractivity contribution is 5.91. The second-order valence-corrected chi connectivity index (χ2v) is 18.4. The summed E-state index contributed by atoms with van der Waals surface area (Å²) in [4.78, 5) is 42.6. The smallest absolute Gasteiger partial charge is 0.331 e. The van der Waals surface area contributed by atoms with E-state index in [1.54, 1.807) is 48.5 Å². The molecular formula is C43H76N2O15. The lowest BCUT2D eigenvalue weighted by Gasteiger charge is -2.49. The fourth-order valence-electron chi connectivity index (χ4n) is 9.31. The number of nitrogens with zero attached hydrogens (tertiary/aromatic N) is 2. The fourth-order valence-corrected chi connectivity index (χ4v) is 9.31. The van der Waals surface area contributed by atoms with E-state index in [4.69, 9.17) is 33.2 Å². The molecule has 18 atom stereocenters. The van der Waals surface area contributed by atoms with Crippen LogP contribution in [-0.4, -0.2) is 180 Å². The lowest BCUT2D eigenvalue weighted by molar-refractivity contribution is -0.318. The van der Waals surface area contributed by atoms with Gasteiger partial charge in [0.2, 0.25) is 0 Å². The summed E-state index contributed by atoms with van der Waals surface area (Å²) in [5, 5.41) is 47.6. The number of hydrogen-bond acceptors (Lipinski definition) is 17. The average molecular weight is 861 g/mol. The van der Waals surface area contributed by atoms with Crippen molar-refractivity contribution in [3.63, 3.8) is 0 Å². The first kappa shape index (κ1) is 52.1. The Morgan fingerprint density at radius 2 is 1.55 bits per heavy atom. The van der Waals surface area contributed by atoms with Crippen LogP contribution in [-0.2, 0) is 52.3 Å². The van der Waals surface area contributed by atoms with Gasteiger partial charge in [-0.15, -0.1) is 0 Å². The van der Waals surface area contributed by atoms with Crippen molar-refractivity contribution in [3.05, 3.63) is 12.2 Å². The van der Waals surface area contributed by atoms with Gasteiger partial charge in [-0.05, 0) is 94.8 Å². The minimum Gasteiger partial charge on any atom is -0.466 e. The molecule has 17 nitrogen and oxygen atoms in total. The second-order valence-electron chi connectivity index (χ2n) is 18.4. The third-order valence-corrected chi connectivity index (χ3v) is 13.0. The van der Waals surface area contributed by atoms with Crippen molar-refractivity contribution in [2.24, 2.45) is 17.8 Å². The van der Waals surface area contributed by atoms with E-state index in [9.17, 15) is 34.8 Å². The van der Waals surface area contributed by atoms with Crippen LogP contribution in [0, 0.1) is 17.8 Å². The molecule has 17 heteroatoms. The molecule has 0 aromatic carbocycles. The molecule has 348 valence electrons. The zero-order valence-electron chi connectivity index (χ0n) is 38.5. The summed E-state index contributed by atoms with van der Waals surface area (Å²) in [7, 11) is 8.19. The molecule has 0 radical (unpaired) electrons. The highest BCUT2D eigenvalue weighted by Crippen LogP contribution is 2.41. The van der Waals surface area contributed by atoms with Crippen LogP contribution in [0.3, 0.4) is 0 Å². The molecule has 3 rings (SSSR count). The molecule has 0 unspecified atom stereocenters. The van der Waals surface area contributed by atoms with E-state index in [2.05, 4.69) is 4.74 Å². The van der Waals surface area contributed by atoms with Gasteiger partial charge in [0.05, 0.1) is 43.0 Å². The van der Waals surface area contributed by atoms with Crippen molar-refractivity contribution in [1.29, 1.82) is 0 Å². The fraction of sp³-hybridized carbons (Fsp3) is 0.884. The number of cyclic esters (lactones) is 1. The number of likely N-dealkylation sites (N-methyl/N-ethyl adjacent to an activating group) is 2. The number of aliphatic hydroxyl groups is 4. The number of carbonyl (C=O) groups is 3. The molecule has 3 aliphatic heterocycles. The van der Waals surface area contributed by atoms with Crippen molar-refractivity contribution >= 4 is 17.9 Å². The molecule has 0 aliphatic carbocycles. The van der Waals surface area contributed by atoms with Gasteiger partial charge in [0.15, 0.2) is 18.7 Å². The number of methoxy groups -OCH3 is 2. The number of aliphatic hydroxyl groups excluding tert-OH is 2. The molecular weight excluding hydrogens is 784 g/mol. The van der Waals surface area contributed by atoms with Gasteiger partial charge >= 0.3 is 17.9 Å². The summed E-state index contributed by atoms with van der Waals surface area (Å²) in [5.74, 6) is -4.42. The van der Waals surface area contributed by atoms with Crippen molar-refractivity contribution in [3.8, 4) is 0 Å². The Kier molecular flexibility index (Phi) is 18.6. The summed E-state index contributed by atoms with van der Waals surface area (Å²) in [6, 6.07) is -0.893. The van der Waals surface area contributed by atoms with Crippen molar-refractivity contribution in [2.75, 3.05) is 41.9 Å². The number of carbonyl (C=O) groups excluding carboxylic acids is 3. The minimum absolute atomic E-state index is 0.00559. The lowest BCUT2D eigenvalue weighted by atomic mass is 9.77. The topological polar surface area (TPSA) is 212 Å². The number of rotatable bonds is 10. The molecule has 3 saturated heterocycles. The van der Waals surface area contributed by atoms with Gasteiger partial charge in [0.1, 0.15) is 29.5 Å². The highest BCUT2D eigenvalue weighted by Gasteiger charge is 2.53. The van der Waals surface area contributed by atoms with Gasteiger partial charge in [-0.2, -0.15) is 0 Å². The Hall–Kier alpha value is -2.29. The predicted molar refractivity (Wildman–Crippen MR) is 219 cm³/mol. The van der Waals surface area contributed by atoms with Crippen LogP contribution in [0.5, 0.6) is 0 Å². The normalized spacial score (nSPS) is 44.5. The predicted octanol–water partition coefficient (Wildman–Crippen LogP) is 2.18. The molecule has 3 fully saturated rings. The van der Waals surface area contributed by atoms with Gasteiger partial charge < -0.3 is 68.1 Å². The second kappa shape index (κ2) is 21.4. The third-order valence-electron chi connectivity index (χ3n) is 13.0. The van der Waals surface area contributed by atoms with E-state index < -0.39 is 108 Å². The lowest BCUT2D eigenvalue weighted by Crippen LogP contribution is -2.61. The van der Waals surface area contributed by atoms with Gasteiger partial charge in [-0.3, -0.25) is 4.79 Å². The largest absolute Gasteiger partial charge is 0.466 e. The molecule has 3 heterocycles. The maximum absolute atomic E-state index is 14.4. The Balaban J connectivity index is 2.15. The van der Waals surface area contributed by atoms with Gasteiger partial charge in [-0.1, -0.05) is 20.8 Å². The van der Waals surface area contributed by atoms with Gasteiger partial charge in [0.25, 0.3) is 0 Å². The highest BCUT2D eigenvalue weighted by atomic mass is 16.7. The number of hydrogen-bond donors (Lipinski definition) is 4. The van der Waals surface area contributed by atoms with E-state index in [-0.39, 0.29) is 37.3 Å². The molecule has 0 aromatic heterocycles. The van der Waals surface area contributed by atoms with Crippen LogP contribution >= 0.6 is 0 Å². The monoisotopic (exact) mass is 861 g/mol. The van der Waals surface area contributed by atoms with E-state index in [0.717, 1.165) is 12.2 Å². The van der Waals surface area contributed by atoms with E-state index in [1.807, 2.05) is 44.8 Å². The molecule has 60 heavy (non-hydrogen) atoms. The zero-order valence-corrected chi connectivity index (χ0v) is 38.5. The molecule has 3 aliphatic rings. The SMILES string of the molecule is CC[C@H]1OC(=O)[C@H](C)[C@@H](O[C@H]2C[C@@](C)(OC)[C@@H](OC(=O)/C=C/C(=O)OC)[C@H](C)O2)[C@H](C)[C@@H](O[C@@H]2O[C@H](C)C[C@H](N(C)C)[C@H]2O)[C@](C)(O)C[C@@H](C)CN(C)[C@H](C)[C@@H](O)[C@]1(C)O. The molecule has 0 saturated carbocycles. The van der Waals surface area contributed by atoms with Crippen LogP contribution in [0.1, 0.15) is 94.9 Å². The number of ether oxygens (including phenoxy) is 8. The van der Waals surface area contributed by atoms with E-state index >= 15 is 0 Å². The third kappa shape index (κ3) is 12.5. The van der Waals surface area contributed by atoms with E-state index in [0.29, 0.717) is 13.0 Å². The summed E-state index contributed by atoms with van der Waals surface area (Å²) in [5.41, 5.74) is -4.67. The molecule has 0 aromatic rings. The molecule has 0 amide bonds. The quantitative estimate of drug-likeness (QED) is 0.141. The van der Waals surface area contributed by atoms with Crippen LogP contribution in [0.15, 0.2) is 12.2 Å². The van der Waals surface area contributed by atoms with Gasteiger partial charge in [0, 0.05) is 50.2 Å². The van der Waals surface area contributed by atoms with Crippen LogP contribution in [0.2, 0.25) is 0 Å². The summed E-state index contributed by atoms with van der Waals surface area (Å²) < 4.78 is 48.4. The molecule has 0 bridgehead atoms. The molecule has 0 spiro atoms. The standard InChI is InChI=1S/C43H76N2O15/c1-16-30-43(10,52)36(49)27(6)45(13)22-23(2)20-41(8,51)37(60-40-34(48)29(44(11)12)19-24(3)55-40)25(4)35(26(5)39(50)57-30)59-33-21-42(9,54-15)38(28(7)56-33)58-32(47)18-17-31(46)53-14/h17-18,23-30,33-38,40,48-49,51-52H,16,19-22H2,1-15H3/b18-17+/t23-,24-,25+,26-,27-,28+,29+,30-,33+,34-,35+,36-,37-,38+,40+,41-,42-,43-/m1/s1. The summed E-state index contributed by atoms with van der Waals surface area (Å²) >= 11 is 0. The summed E-state index contributed by atoms with van der Waals surface area (Å²) in [6.07, 6.45) is -7.29. The first-order valence-corrected chi connectivity index (χ1v) is 21.3. The van der Waals surface area contributed by atoms with Crippen molar-refractivity contribution in [2.45, 2.75) is 185 Å². The molecule has 4 N–H and O–H groups in total.